The van der Waals surface area contributed by atoms with E-state index in [1.54, 1.807) is 26.0 Å². The van der Waals surface area contributed by atoms with Crippen molar-refractivity contribution < 1.29 is 29.6 Å². The van der Waals surface area contributed by atoms with E-state index in [4.69, 9.17) is 4.74 Å². The zero-order valence-corrected chi connectivity index (χ0v) is 14.3. The van der Waals surface area contributed by atoms with Crippen LogP contribution in [0.2, 0.25) is 0 Å². The van der Waals surface area contributed by atoms with E-state index in [1.165, 1.54) is 20.1 Å². The zero-order chi connectivity index (χ0) is 18.7. The van der Waals surface area contributed by atoms with Crippen molar-refractivity contribution in [3.8, 4) is 11.5 Å². The maximum Gasteiger partial charge on any atom is 0.339 e. The van der Waals surface area contributed by atoms with Crippen LogP contribution < -0.4 is 0 Å². The number of benzene rings is 2. The van der Waals surface area contributed by atoms with Crippen LogP contribution in [0.1, 0.15) is 55.5 Å². The van der Waals surface area contributed by atoms with Gasteiger partial charge >= 0.3 is 5.97 Å². The topological polar surface area (TPSA) is 104 Å². The molecule has 3 N–H and O–H groups in total. The molecule has 0 radical (unpaired) electrons. The van der Waals surface area contributed by atoms with E-state index in [-0.39, 0.29) is 28.0 Å². The second kappa shape index (κ2) is 5.32. The molecule has 0 aromatic heterocycles. The summed E-state index contributed by atoms with van der Waals surface area (Å²) in [5.74, 6) is -2.40. The Morgan fingerprint density at radius 1 is 1.12 bits per heavy atom. The molecule has 1 atom stereocenters. The Morgan fingerprint density at radius 2 is 1.76 bits per heavy atom. The predicted molar refractivity (Wildman–Crippen MR) is 89.5 cm³/mol. The highest BCUT2D eigenvalue weighted by molar-refractivity contribution is 6.17. The lowest BCUT2D eigenvalue weighted by atomic mass is 9.72. The van der Waals surface area contributed by atoms with Crippen molar-refractivity contribution in [1.82, 2.24) is 0 Å². The van der Waals surface area contributed by atoms with Crippen LogP contribution in [0.4, 0.5) is 0 Å². The molecule has 130 valence electrons. The molecule has 25 heavy (non-hydrogen) atoms. The van der Waals surface area contributed by atoms with E-state index in [0.29, 0.717) is 16.7 Å². The van der Waals surface area contributed by atoms with Crippen molar-refractivity contribution in [1.29, 1.82) is 0 Å². The van der Waals surface area contributed by atoms with E-state index < -0.39 is 23.1 Å². The SMILES string of the molecule is CO[C@@]1(C)c2cc(O)c(C(=O)O)c(C)c2C(=O)c2c1ccc(C)c2O. The van der Waals surface area contributed by atoms with Crippen LogP contribution in [0, 0.1) is 13.8 Å². The number of hydrogen-bond donors (Lipinski definition) is 3. The highest BCUT2D eigenvalue weighted by Crippen LogP contribution is 2.48. The fourth-order valence-corrected chi connectivity index (χ4v) is 3.55. The highest BCUT2D eigenvalue weighted by Gasteiger charge is 2.44. The quantitative estimate of drug-likeness (QED) is 0.775. The standard InChI is InChI=1S/C19H18O6/c1-8-5-6-10-15(16(8)21)17(22)13-9(2)14(18(23)24)12(20)7-11(13)19(10,3)25-4/h5-7,20-21H,1-4H3,(H,23,24)/t19-/m1/s1. The van der Waals surface area contributed by atoms with Gasteiger partial charge in [0.25, 0.3) is 0 Å². The fraction of sp³-hybridized carbons (Fsp3) is 0.263. The first-order chi connectivity index (χ1) is 11.6. The van der Waals surface area contributed by atoms with Gasteiger partial charge in [-0.1, -0.05) is 12.1 Å². The van der Waals surface area contributed by atoms with Gasteiger partial charge in [-0.15, -0.1) is 0 Å². The van der Waals surface area contributed by atoms with Gasteiger partial charge in [-0.2, -0.15) is 0 Å². The van der Waals surface area contributed by atoms with E-state index >= 15 is 0 Å². The summed E-state index contributed by atoms with van der Waals surface area (Å²) in [5, 5.41) is 30.0. The second-order valence-electron chi connectivity index (χ2n) is 6.34. The number of rotatable bonds is 2. The van der Waals surface area contributed by atoms with Crippen molar-refractivity contribution in [3.05, 3.63) is 57.1 Å². The molecule has 1 aliphatic carbocycles. The van der Waals surface area contributed by atoms with E-state index in [1.807, 2.05) is 0 Å². The Kier molecular flexibility index (Phi) is 3.61. The zero-order valence-electron chi connectivity index (χ0n) is 14.3. The normalized spacial score (nSPS) is 18.6. The first-order valence-corrected chi connectivity index (χ1v) is 7.68. The smallest absolute Gasteiger partial charge is 0.339 e. The Morgan fingerprint density at radius 3 is 2.32 bits per heavy atom. The minimum atomic E-state index is -1.33. The van der Waals surface area contributed by atoms with Gasteiger partial charge in [0.05, 0.1) is 5.56 Å². The van der Waals surface area contributed by atoms with Gasteiger partial charge in [-0.25, -0.2) is 4.79 Å². The molecular formula is C19H18O6. The predicted octanol–water partition coefficient (Wildman–Crippen LogP) is 2.87. The third-order valence-corrected chi connectivity index (χ3v) is 5.04. The number of ether oxygens (including phenoxy) is 1. The first kappa shape index (κ1) is 17.0. The number of hydrogen-bond acceptors (Lipinski definition) is 5. The third kappa shape index (κ3) is 2.07. The number of aromatic hydroxyl groups is 2. The number of aryl methyl sites for hydroxylation is 1. The number of ketones is 1. The molecule has 0 aliphatic heterocycles. The summed E-state index contributed by atoms with van der Waals surface area (Å²) in [5.41, 5.74) is 0.291. The maximum absolute atomic E-state index is 13.1. The van der Waals surface area contributed by atoms with Crippen LogP contribution in [0.25, 0.3) is 0 Å². The molecule has 0 fully saturated rings. The summed E-state index contributed by atoms with van der Waals surface area (Å²) in [6, 6.07) is 4.64. The van der Waals surface area contributed by atoms with E-state index in [9.17, 15) is 24.9 Å². The molecule has 0 saturated carbocycles. The number of phenols is 2. The Hall–Kier alpha value is -2.86. The largest absolute Gasteiger partial charge is 0.507 e. The second-order valence-corrected chi connectivity index (χ2v) is 6.34. The van der Waals surface area contributed by atoms with Gasteiger partial charge in [0.2, 0.25) is 0 Å². The number of carboxylic acid groups (broad SMARTS) is 1. The Labute approximate surface area is 144 Å². The molecule has 3 rings (SSSR count). The van der Waals surface area contributed by atoms with Gasteiger partial charge < -0.3 is 20.1 Å². The third-order valence-electron chi connectivity index (χ3n) is 5.04. The van der Waals surface area contributed by atoms with Gasteiger partial charge in [0.1, 0.15) is 22.7 Å². The van der Waals surface area contributed by atoms with Crippen LogP contribution in [-0.2, 0) is 10.3 Å². The minimum absolute atomic E-state index is 0.0991. The molecule has 6 nitrogen and oxygen atoms in total. The van der Waals surface area contributed by atoms with Crippen molar-refractivity contribution in [2.45, 2.75) is 26.4 Å². The van der Waals surface area contributed by atoms with Crippen molar-refractivity contribution in [2.24, 2.45) is 0 Å². The lowest BCUT2D eigenvalue weighted by Crippen LogP contribution is -2.36. The molecule has 0 amide bonds. The van der Waals surface area contributed by atoms with Crippen LogP contribution >= 0.6 is 0 Å². The fourth-order valence-electron chi connectivity index (χ4n) is 3.55. The first-order valence-electron chi connectivity index (χ1n) is 7.68. The van der Waals surface area contributed by atoms with Crippen LogP contribution in [0.5, 0.6) is 11.5 Å². The lowest BCUT2D eigenvalue weighted by Gasteiger charge is -2.37. The molecule has 0 spiro atoms. The van der Waals surface area contributed by atoms with Gasteiger partial charge in [0, 0.05) is 23.8 Å². The monoisotopic (exact) mass is 342 g/mol. The van der Waals surface area contributed by atoms with Gasteiger partial charge in [0.15, 0.2) is 5.78 Å². The average molecular weight is 342 g/mol. The maximum atomic E-state index is 13.1. The summed E-state index contributed by atoms with van der Waals surface area (Å²) in [6.07, 6.45) is 0. The molecule has 0 bridgehead atoms. The summed E-state index contributed by atoms with van der Waals surface area (Å²) in [4.78, 5) is 24.6. The summed E-state index contributed by atoms with van der Waals surface area (Å²) in [6.45, 7) is 4.86. The van der Waals surface area contributed by atoms with Crippen molar-refractivity contribution >= 4 is 11.8 Å². The van der Waals surface area contributed by atoms with Gasteiger partial charge in [-0.3, -0.25) is 4.79 Å². The van der Waals surface area contributed by atoms with E-state index in [2.05, 4.69) is 0 Å². The minimum Gasteiger partial charge on any atom is -0.507 e. The average Bonchev–Trinajstić information content (AvgIpc) is 2.54. The number of carbonyl (C=O) groups excluding carboxylic acids is 1. The highest BCUT2D eigenvalue weighted by atomic mass is 16.5. The number of fused-ring (bicyclic) bond motifs is 2. The Bertz CT molecular complexity index is 944. The van der Waals surface area contributed by atoms with Gasteiger partial charge in [-0.05, 0) is 38.0 Å². The molecule has 1 aliphatic rings. The number of aromatic carboxylic acids is 1. The van der Waals surface area contributed by atoms with Crippen LogP contribution in [0.3, 0.4) is 0 Å². The molecule has 2 aromatic rings. The molecular weight excluding hydrogens is 324 g/mol. The number of carboxylic acids is 1. The number of carbonyl (C=O) groups is 2. The summed E-state index contributed by atoms with van der Waals surface area (Å²) >= 11 is 0. The molecule has 0 saturated heterocycles. The molecule has 0 heterocycles. The van der Waals surface area contributed by atoms with E-state index in [0.717, 1.165) is 0 Å². The van der Waals surface area contributed by atoms with Crippen molar-refractivity contribution in [2.75, 3.05) is 7.11 Å². The van der Waals surface area contributed by atoms with Crippen LogP contribution in [0.15, 0.2) is 18.2 Å². The number of phenolic OH excluding ortho intramolecular Hbond substituents is 1. The summed E-state index contributed by atoms with van der Waals surface area (Å²) < 4.78 is 5.66. The molecule has 0 unspecified atom stereocenters. The molecule has 2 aromatic carbocycles. The lowest BCUT2D eigenvalue weighted by molar-refractivity contribution is 0.0346. The molecule has 6 heteroatoms. The van der Waals surface area contributed by atoms with Crippen molar-refractivity contribution in [3.63, 3.8) is 0 Å². The summed E-state index contributed by atoms with van der Waals surface area (Å²) in [7, 11) is 1.46. The number of methoxy groups -OCH3 is 1. The van der Waals surface area contributed by atoms with Crippen LogP contribution in [-0.4, -0.2) is 34.2 Å². The Balaban J connectivity index is 2.49.